The van der Waals surface area contributed by atoms with Gasteiger partial charge in [0.1, 0.15) is 16.4 Å². The number of aromatic nitrogens is 1. The van der Waals surface area contributed by atoms with Gasteiger partial charge in [0.25, 0.3) is 0 Å². The van der Waals surface area contributed by atoms with Crippen molar-refractivity contribution in [3.05, 3.63) is 35.3 Å². The molecule has 1 amide bonds. The lowest BCUT2D eigenvalue weighted by Crippen LogP contribution is -2.31. The zero-order chi connectivity index (χ0) is 15.5. The predicted octanol–water partition coefficient (Wildman–Crippen LogP) is 3.54. The number of hydrogen-bond acceptors (Lipinski definition) is 5. The number of nitrogens with zero attached hydrogens (tertiary/aromatic N) is 1. The van der Waals surface area contributed by atoms with Crippen molar-refractivity contribution in [1.29, 1.82) is 0 Å². The van der Waals surface area contributed by atoms with Crippen molar-refractivity contribution in [3.8, 4) is 16.3 Å². The Morgan fingerprint density at radius 3 is 2.62 bits per heavy atom. The molecule has 1 heterocycles. The maximum absolute atomic E-state index is 11.6. The number of aromatic hydroxyl groups is 1. The van der Waals surface area contributed by atoms with E-state index in [0.717, 1.165) is 15.4 Å². The molecule has 0 aliphatic rings. The number of nitrogens with one attached hydrogen (secondary N) is 1. The number of carbonyl (C=O) groups excluding carboxylic acids is 1. The molecule has 0 spiro atoms. The fourth-order valence-corrected chi connectivity index (χ4v) is 2.46. The summed E-state index contributed by atoms with van der Waals surface area (Å²) in [5, 5.41) is 12.8. The van der Waals surface area contributed by atoms with Crippen LogP contribution in [0.3, 0.4) is 0 Å². The van der Waals surface area contributed by atoms with Gasteiger partial charge in [-0.25, -0.2) is 9.78 Å². The number of ether oxygens (including phenoxy) is 1. The van der Waals surface area contributed by atoms with Crippen LogP contribution in [-0.2, 0) is 11.3 Å². The summed E-state index contributed by atoms with van der Waals surface area (Å²) in [5.41, 5.74) is 0.427. The van der Waals surface area contributed by atoms with E-state index in [1.165, 1.54) is 11.3 Å². The van der Waals surface area contributed by atoms with Crippen LogP contribution in [0.25, 0.3) is 10.6 Å². The second-order valence-corrected chi connectivity index (χ2v) is 6.65. The molecule has 6 heteroatoms. The van der Waals surface area contributed by atoms with Gasteiger partial charge in [0, 0.05) is 16.6 Å². The van der Waals surface area contributed by atoms with Crippen molar-refractivity contribution in [2.24, 2.45) is 0 Å². The highest BCUT2D eigenvalue weighted by atomic mass is 32.1. The van der Waals surface area contributed by atoms with Gasteiger partial charge in [0.2, 0.25) is 0 Å². The summed E-state index contributed by atoms with van der Waals surface area (Å²) < 4.78 is 5.17. The smallest absolute Gasteiger partial charge is 0.407 e. The van der Waals surface area contributed by atoms with Gasteiger partial charge < -0.3 is 15.2 Å². The third-order valence-electron chi connectivity index (χ3n) is 2.47. The number of amides is 1. The minimum atomic E-state index is -0.505. The van der Waals surface area contributed by atoms with Crippen LogP contribution < -0.4 is 5.32 Å². The van der Waals surface area contributed by atoms with E-state index in [1.807, 2.05) is 20.8 Å². The monoisotopic (exact) mass is 306 g/mol. The molecule has 0 atom stereocenters. The molecule has 0 aliphatic heterocycles. The molecule has 0 bridgehead atoms. The molecule has 2 aromatic rings. The van der Waals surface area contributed by atoms with Crippen molar-refractivity contribution in [3.63, 3.8) is 0 Å². The third-order valence-corrected chi connectivity index (χ3v) is 3.52. The van der Waals surface area contributed by atoms with E-state index in [4.69, 9.17) is 4.74 Å². The van der Waals surface area contributed by atoms with E-state index in [0.29, 0.717) is 6.54 Å². The van der Waals surface area contributed by atoms with Crippen molar-refractivity contribution in [2.45, 2.75) is 32.9 Å². The van der Waals surface area contributed by atoms with Gasteiger partial charge in [-0.15, -0.1) is 11.3 Å². The van der Waals surface area contributed by atoms with Crippen molar-refractivity contribution in [1.82, 2.24) is 10.3 Å². The first-order valence-corrected chi connectivity index (χ1v) is 7.36. The molecule has 1 aromatic carbocycles. The highest BCUT2D eigenvalue weighted by Crippen LogP contribution is 2.26. The summed E-state index contributed by atoms with van der Waals surface area (Å²) in [4.78, 5) is 16.8. The van der Waals surface area contributed by atoms with Crippen LogP contribution in [-0.4, -0.2) is 21.8 Å². The van der Waals surface area contributed by atoms with Crippen molar-refractivity contribution in [2.75, 3.05) is 0 Å². The number of alkyl carbamates (subject to hydrolysis) is 1. The highest BCUT2D eigenvalue weighted by molar-refractivity contribution is 7.15. The van der Waals surface area contributed by atoms with Crippen LogP contribution >= 0.6 is 11.3 Å². The van der Waals surface area contributed by atoms with Crippen LogP contribution in [0.15, 0.2) is 30.5 Å². The molecule has 21 heavy (non-hydrogen) atoms. The first-order valence-electron chi connectivity index (χ1n) is 6.54. The SMILES string of the molecule is CC(C)(C)OC(=O)NCc1cnc(-c2ccc(O)cc2)s1. The lowest BCUT2D eigenvalue weighted by Gasteiger charge is -2.19. The Morgan fingerprint density at radius 1 is 1.33 bits per heavy atom. The van der Waals surface area contributed by atoms with Gasteiger partial charge in [-0.1, -0.05) is 0 Å². The van der Waals surface area contributed by atoms with Gasteiger partial charge >= 0.3 is 6.09 Å². The average Bonchev–Trinajstić information content (AvgIpc) is 2.84. The number of rotatable bonds is 3. The maximum Gasteiger partial charge on any atom is 0.407 e. The number of phenolic OH excluding ortho intramolecular Hbond substituents is 1. The topological polar surface area (TPSA) is 71.5 Å². The fourth-order valence-electron chi connectivity index (χ4n) is 1.60. The summed E-state index contributed by atoms with van der Waals surface area (Å²) in [5.74, 6) is 0.224. The fraction of sp³-hybridized carbons (Fsp3) is 0.333. The highest BCUT2D eigenvalue weighted by Gasteiger charge is 2.16. The summed E-state index contributed by atoms with van der Waals surface area (Å²) in [6.07, 6.45) is 1.28. The van der Waals surface area contributed by atoms with Crippen LogP contribution in [0.4, 0.5) is 4.79 Å². The number of carbonyl (C=O) groups is 1. The van der Waals surface area contributed by atoms with E-state index in [-0.39, 0.29) is 5.75 Å². The number of benzene rings is 1. The summed E-state index contributed by atoms with van der Waals surface area (Å²) >= 11 is 1.49. The second-order valence-electron chi connectivity index (χ2n) is 5.53. The van der Waals surface area contributed by atoms with Crippen molar-refractivity contribution < 1.29 is 14.6 Å². The molecular weight excluding hydrogens is 288 g/mol. The van der Waals surface area contributed by atoms with E-state index >= 15 is 0 Å². The van der Waals surface area contributed by atoms with Crippen LogP contribution in [0.5, 0.6) is 5.75 Å². The van der Waals surface area contributed by atoms with Crippen LogP contribution in [0, 0.1) is 0 Å². The second kappa shape index (κ2) is 6.13. The minimum Gasteiger partial charge on any atom is -0.508 e. The van der Waals surface area contributed by atoms with Crippen LogP contribution in [0.1, 0.15) is 25.6 Å². The first-order chi connectivity index (χ1) is 9.83. The Hall–Kier alpha value is -2.08. The van der Waals surface area contributed by atoms with E-state index in [1.54, 1.807) is 30.5 Å². The zero-order valence-electron chi connectivity index (χ0n) is 12.2. The maximum atomic E-state index is 11.6. The summed E-state index contributed by atoms with van der Waals surface area (Å²) in [6, 6.07) is 6.85. The molecule has 0 saturated heterocycles. The Bertz CT molecular complexity index is 615. The summed E-state index contributed by atoms with van der Waals surface area (Å²) in [7, 11) is 0. The van der Waals surface area contributed by atoms with Gasteiger partial charge in [0.05, 0.1) is 6.54 Å². The number of thiazole rings is 1. The normalized spacial score (nSPS) is 11.2. The van der Waals surface area contributed by atoms with Gasteiger partial charge in [0.15, 0.2) is 0 Å². The molecule has 0 fully saturated rings. The Labute approximate surface area is 127 Å². The van der Waals surface area contributed by atoms with E-state index in [2.05, 4.69) is 10.3 Å². The molecule has 1 aromatic heterocycles. The van der Waals surface area contributed by atoms with E-state index in [9.17, 15) is 9.90 Å². The Kier molecular flexibility index (Phi) is 4.47. The van der Waals surface area contributed by atoms with E-state index < -0.39 is 11.7 Å². The zero-order valence-corrected chi connectivity index (χ0v) is 13.0. The predicted molar refractivity (Wildman–Crippen MR) is 82.3 cm³/mol. The Balaban J connectivity index is 1.94. The van der Waals surface area contributed by atoms with Gasteiger partial charge in [-0.05, 0) is 45.0 Å². The molecule has 0 radical (unpaired) electrons. The van der Waals surface area contributed by atoms with Crippen molar-refractivity contribution >= 4 is 17.4 Å². The number of phenols is 1. The average molecular weight is 306 g/mol. The molecule has 2 N–H and O–H groups in total. The molecule has 0 aliphatic carbocycles. The summed E-state index contributed by atoms with van der Waals surface area (Å²) in [6.45, 7) is 5.84. The number of hydrogen-bond donors (Lipinski definition) is 2. The van der Waals surface area contributed by atoms with Gasteiger partial charge in [-0.2, -0.15) is 0 Å². The molecule has 5 nitrogen and oxygen atoms in total. The molecule has 2 rings (SSSR count). The molecular formula is C15H18N2O3S. The lowest BCUT2D eigenvalue weighted by molar-refractivity contribution is 0.0524. The standard InChI is InChI=1S/C15H18N2O3S/c1-15(2,3)20-14(19)17-9-12-8-16-13(21-12)10-4-6-11(18)7-5-10/h4-8,18H,9H2,1-3H3,(H,17,19). The molecule has 112 valence electrons. The minimum absolute atomic E-state index is 0.224. The first kappa shape index (κ1) is 15.3. The molecule has 0 saturated carbocycles. The lowest BCUT2D eigenvalue weighted by atomic mass is 10.2. The third kappa shape index (κ3) is 4.75. The Morgan fingerprint density at radius 2 is 2.00 bits per heavy atom. The van der Waals surface area contributed by atoms with Crippen LogP contribution in [0.2, 0.25) is 0 Å². The quantitative estimate of drug-likeness (QED) is 0.910. The van der Waals surface area contributed by atoms with Gasteiger partial charge in [-0.3, -0.25) is 0 Å². The molecule has 0 unspecified atom stereocenters. The largest absolute Gasteiger partial charge is 0.508 e.